The maximum Gasteiger partial charge on any atom is 0.331 e. The number of carbonyl (C=O) groups is 2. The van der Waals surface area contributed by atoms with Gasteiger partial charge in [-0.05, 0) is 12.1 Å². The summed E-state index contributed by atoms with van der Waals surface area (Å²) in [6.45, 7) is 0.241. The molecule has 0 aromatic carbocycles. The quantitative estimate of drug-likeness (QED) is 0.675. The fraction of sp³-hybridized carbons (Fsp3) is 0.364. The largest absolute Gasteiger partial charge is 0.479 e. The number of anilines is 1. The maximum absolute atomic E-state index is 12.0. The van der Waals surface area contributed by atoms with Crippen LogP contribution in [0.1, 0.15) is 16.9 Å². The van der Waals surface area contributed by atoms with Gasteiger partial charge in [-0.3, -0.25) is 4.79 Å². The smallest absolute Gasteiger partial charge is 0.331 e. The highest BCUT2D eigenvalue weighted by molar-refractivity contribution is 6.00. The van der Waals surface area contributed by atoms with E-state index in [-0.39, 0.29) is 24.4 Å². The van der Waals surface area contributed by atoms with Crippen LogP contribution in [-0.2, 0) is 9.53 Å². The van der Waals surface area contributed by atoms with E-state index in [1.54, 1.807) is 6.07 Å². The summed E-state index contributed by atoms with van der Waals surface area (Å²) in [6.07, 6.45) is 1.64. The van der Waals surface area contributed by atoms with Crippen LogP contribution >= 0.6 is 0 Å². The lowest BCUT2D eigenvalue weighted by Crippen LogP contribution is -2.55. The molecule has 1 amide bonds. The number of hydrogen-bond acceptors (Lipinski definition) is 5. The molecule has 96 valence electrons. The van der Waals surface area contributed by atoms with Crippen LogP contribution < -0.4 is 11.1 Å². The Bertz CT molecular complexity index is 483. The van der Waals surface area contributed by atoms with E-state index in [9.17, 15) is 14.7 Å². The summed E-state index contributed by atoms with van der Waals surface area (Å²) in [6, 6.07) is 3.12. The molecule has 0 radical (unpaired) electrons. The van der Waals surface area contributed by atoms with Gasteiger partial charge < -0.3 is 20.9 Å². The molecule has 0 spiro atoms. The number of pyridine rings is 1. The van der Waals surface area contributed by atoms with Gasteiger partial charge in [0.1, 0.15) is 0 Å². The molecule has 1 aromatic heterocycles. The third kappa shape index (κ3) is 2.12. The fourth-order valence-electron chi connectivity index (χ4n) is 1.77. The van der Waals surface area contributed by atoms with Crippen LogP contribution in [0.4, 0.5) is 5.69 Å². The molecular formula is C11H13N3O4. The summed E-state index contributed by atoms with van der Waals surface area (Å²) < 4.78 is 5.04. The van der Waals surface area contributed by atoms with Crippen molar-refractivity contribution in [3.05, 3.63) is 24.0 Å². The van der Waals surface area contributed by atoms with E-state index in [1.807, 2.05) is 0 Å². The molecule has 0 bridgehead atoms. The van der Waals surface area contributed by atoms with Gasteiger partial charge in [-0.2, -0.15) is 0 Å². The molecule has 1 fully saturated rings. The normalized spacial score (nSPS) is 22.7. The number of ether oxygens (including phenoxy) is 1. The molecule has 18 heavy (non-hydrogen) atoms. The summed E-state index contributed by atoms with van der Waals surface area (Å²) in [5.74, 6) is -1.73. The molecule has 1 saturated heterocycles. The molecule has 2 heterocycles. The summed E-state index contributed by atoms with van der Waals surface area (Å²) in [5.41, 5.74) is 4.45. The number of nitrogen functional groups attached to an aromatic ring is 1. The van der Waals surface area contributed by atoms with Crippen molar-refractivity contribution >= 4 is 17.6 Å². The van der Waals surface area contributed by atoms with Crippen molar-refractivity contribution in [2.75, 3.05) is 18.9 Å². The van der Waals surface area contributed by atoms with Crippen molar-refractivity contribution in [3.8, 4) is 0 Å². The average Bonchev–Trinajstić information content (AvgIpc) is 2.79. The van der Waals surface area contributed by atoms with Crippen molar-refractivity contribution in [2.24, 2.45) is 0 Å². The van der Waals surface area contributed by atoms with E-state index in [2.05, 4.69) is 10.3 Å². The zero-order valence-electron chi connectivity index (χ0n) is 9.55. The molecule has 4 N–H and O–H groups in total. The molecule has 7 heteroatoms. The van der Waals surface area contributed by atoms with Gasteiger partial charge in [-0.25, -0.2) is 9.78 Å². The van der Waals surface area contributed by atoms with Gasteiger partial charge in [-0.1, -0.05) is 0 Å². The summed E-state index contributed by atoms with van der Waals surface area (Å²) in [7, 11) is 0. The van der Waals surface area contributed by atoms with Crippen molar-refractivity contribution in [2.45, 2.75) is 12.0 Å². The molecule has 0 aliphatic carbocycles. The number of carbonyl (C=O) groups excluding carboxylic acids is 1. The lowest BCUT2D eigenvalue weighted by molar-refractivity contribution is -0.144. The lowest BCUT2D eigenvalue weighted by Gasteiger charge is -2.23. The number of amides is 1. The Morgan fingerprint density at radius 2 is 2.33 bits per heavy atom. The molecule has 1 unspecified atom stereocenters. The molecule has 1 aliphatic heterocycles. The number of aromatic nitrogens is 1. The molecule has 1 atom stereocenters. The van der Waals surface area contributed by atoms with E-state index in [1.165, 1.54) is 12.3 Å². The van der Waals surface area contributed by atoms with E-state index in [0.29, 0.717) is 6.61 Å². The number of nitrogens with zero attached hydrogens (tertiary/aromatic N) is 1. The minimum absolute atomic E-state index is 0.0185. The SMILES string of the molecule is Nc1cccnc1C(=O)NC1(C(=O)O)CCOC1. The molecule has 1 aromatic rings. The van der Waals surface area contributed by atoms with Crippen LogP contribution in [-0.4, -0.2) is 40.7 Å². The third-order valence-corrected chi connectivity index (χ3v) is 2.84. The van der Waals surface area contributed by atoms with Gasteiger partial charge in [-0.15, -0.1) is 0 Å². The molecular weight excluding hydrogens is 238 g/mol. The van der Waals surface area contributed by atoms with Crippen LogP contribution in [0.15, 0.2) is 18.3 Å². The van der Waals surface area contributed by atoms with E-state index < -0.39 is 17.4 Å². The second-order valence-electron chi connectivity index (χ2n) is 4.09. The predicted octanol–water partition coefficient (Wildman–Crippen LogP) is -0.363. The molecule has 2 rings (SSSR count). The highest BCUT2D eigenvalue weighted by Crippen LogP contribution is 2.20. The van der Waals surface area contributed by atoms with Crippen LogP contribution in [0.2, 0.25) is 0 Å². The van der Waals surface area contributed by atoms with E-state index in [4.69, 9.17) is 10.5 Å². The zero-order chi connectivity index (χ0) is 13.2. The van der Waals surface area contributed by atoms with Gasteiger partial charge in [0.2, 0.25) is 0 Å². The first-order valence-corrected chi connectivity index (χ1v) is 5.39. The number of carboxylic acid groups (broad SMARTS) is 1. The van der Waals surface area contributed by atoms with Crippen LogP contribution in [0, 0.1) is 0 Å². The first-order valence-electron chi connectivity index (χ1n) is 5.39. The van der Waals surface area contributed by atoms with E-state index in [0.717, 1.165) is 0 Å². The summed E-state index contributed by atoms with van der Waals surface area (Å²) in [5, 5.41) is 11.6. The van der Waals surface area contributed by atoms with E-state index >= 15 is 0 Å². The Kier molecular flexibility index (Phi) is 3.15. The Balaban J connectivity index is 2.21. The van der Waals surface area contributed by atoms with Crippen molar-refractivity contribution in [3.63, 3.8) is 0 Å². The monoisotopic (exact) mass is 251 g/mol. The van der Waals surface area contributed by atoms with Gasteiger partial charge in [0, 0.05) is 19.2 Å². The third-order valence-electron chi connectivity index (χ3n) is 2.84. The second-order valence-corrected chi connectivity index (χ2v) is 4.09. The average molecular weight is 251 g/mol. The number of hydrogen-bond donors (Lipinski definition) is 3. The molecule has 7 nitrogen and oxygen atoms in total. The zero-order valence-corrected chi connectivity index (χ0v) is 9.55. The van der Waals surface area contributed by atoms with Gasteiger partial charge in [0.25, 0.3) is 5.91 Å². The second kappa shape index (κ2) is 4.61. The van der Waals surface area contributed by atoms with Crippen molar-refractivity contribution < 1.29 is 19.4 Å². The van der Waals surface area contributed by atoms with Crippen molar-refractivity contribution in [1.82, 2.24) is 10.3 Å². The Morgan fingerprint density at radius 3 is 2.89 bits per heavy atom. The number of carboxylic acids is 1. The molecule has 0 saturated carbocycles. The highest BCUT2D eigenvalue weighted by Gasteiger charge is 2.44. The van der Waals surface area contributed by atoms with Gasteiger partial charge in [0.15, 0.2) is 11.2 Å². The summed E-state index contributed by atoms with van der Waals surface area (Å²) in [4.78, 5) is 27.0. The highest BCUT2D eigenvalue weighted by atomic mass is 16.5. The lowest BCUT2D eigenvalue weighted by atomic mass is 9.98. The molecule has 1 aliphatic rings. The van der Waals surface area contributed by atoms with Crippen molar-refractivity contribution in [1.29, 1.82) is 0 Å². The number of nitrogens with two attached hydrogens (primary N) is 1. The van der Waals surface area contributed by atoms with Crippen LogP contribution in [0.3, 0.4) is 0 Å². The first-order chi connectivity index (χ1) is 8.55. The fourth-order valence-corrected chi connectivity index (χ4v) is 1.77. The Morgan fingerprint density at radius 1 is 1.56 bits per heavy atom. The predicted molar refractivity (Wildman–Crippen MR) is 61.9 cm³/mol. The maximum atomic E-state index is 12.0. The van der Waals surface area contributed by atoms with Crippen LogP contribution in [0.25, 0.3) is 0 Å². The number of aliphatic carboxylic acids is 1. The topological polar surface area (TPSA) is 115 Å². The van der Waals surface area contributed by atoms with Gasteiger partial charge in [0.05, 0.1) is 12.3 Å². The standard InChI is InChI=1S/C11H13N3O4/c12-7-2-1-4-13-8(7)9(15)14-11(10(16)17)3-5-18-6-11/h1-2,4H,3,5-6,12H2,(H,14,15)(H,16,17). The Labute approximate surface area is 103 Å². The Hall–Kier alpha value is -2.15. The number of nitrogens with one attached hydrogen (secondary N) is 1. The summed E-state index contributed by atoms with van der Waals surface area (Å²) >= 11 is 0. The number of rotatable bonds is 3. The minimum atomic E-state index is -1.39. The van der Waals surface area contributed by atoms with Gasteiger partial charge >= 0.3 is 5.97 Å². The minimum Gasteiger partial charge on any atom is -0.479 e. The first kappa shape index (κ1) is 12.3. The van der Waals surface area contributed by atoms with Crippen LogP contribution in [0.5, 0.6) is 0 Å².